The number of para-hydroxylation sites is 1. The smallest absolute Gasteiger partial charge is 0.229 e. The molecule has 2 N–H and O–H groups in total. The number of nitrogens with zero attached hydrogens (tertiary/aromatic N) is 2. The number of rotatable bonds is 8. The molecule has 0 atom stereocenters. The average molecular weight is 532 g/mol. The van der Waals surface area contributed by atoms with Gasteiger partial charge in [0.2, 0.25) is 5.95 Å². The second-order valence-corrected chi connectivity index (χ2v) is 12.3. The van der Waals surface area contributed by atoms with E-state index >= 15 is 0 Å². The van der Waals surface area contributed by atoms with Gasteiger partial charge >= 0.3 is 0 Å². The van der Waals surface area contributed by atoms with Gasteiger partial charge in [-0.1, -0.05) is 43.0 Å². The summed E-state index contributed by atoms with van der Waals surface area (Å²) >= 11 is 6.36. The van der Waals surface area contributed by atoms with Crippen LogP contribution in [-0.2, 0) is 9.84 Å². The van der Waals surface area contributed by atoms with Crippen LogP contribution in [0.4, 0.5) is 23.1 Å². The minimum absolute atomic E-state index is 0.131. The lowest BCUT2D eigenvalue weighted by Crippen LogP contribution is -2.15. The summed E-state index contributed by atoms with van der Waals surface area (Å²) in [6.07, 6.45) is 7.01. The highest BCUT2D eigenvalue weighted by Gasteiger charge is 2.23. The van der Waals surface area contributed by atoms with Crippen molar-refractivity contribution >= 4 is 44.6 Å². The Balaban J connectivity index is 1.68. The standard InChI is InChI=1S/C27H33ClN4O3S/c1-17(2)36(33,34)25-13-9-8-12-22(25)30-26-21(28)16-29-27(32-26)31-23-14-18(3)20(15-24(23)35-4)19-10-6-5-7-11-19/h8-9,12-17,19H,5-7,10-11H2,1-4H3,(H2,29,30,31,32)/i4D3. The number of aromatic nitrogens is 2. The van der Waals surface area contributed by atoms with Crippen LogP contribution in [0, 0.1) is 6.92 Å². The van der Waals surface area contributed by atoms with Gasteiger partial charge in [-0.3, -0.25) is 0 Å². The number of ether oxygens (including phenoxy) is 1. The van der Waals surface area contributed by atoms with Gasteiger partial charge in [-0.25, -0.2) is 13.4 Å². The maximum Gasteiger partial charge on any atom is 0.229 e. The molecule has 1 heterocycles. The summed E-state index contributed by atoms with van der Waals surface area (Å²) in [5.41, 5.74) is 2.83. The molecule has 192 valence electrons. The second-order valence-electron chi connectivity index (χ2n) is 9.37. The maximum atomic E-state index is 12.9. The monoisotopic (exact) mass is 531 g/mol. The molecular weight excluding hydrogens is 496 g/mol. The molecule has 1 aliphatic rings. The summed E-state index contributed by atoms with van der Waals surface area (Å²) in [7, 11) is -6.22. The average Bonchev–Trinajstić information content (AvgIpc) is 2.87. The highest BCUT2D eigenvalue weighted by atomic mass is 35.5. The minimum Gasteiger partial charge on any atom is -0.495 e. The van der Waals surface area contributed by atoms with Crippen molar-refractivity contribution in [3.05, 3.63) is 58.7 Å². The van der Waals surface area contributed by atoms with Crippen LogP contribution in [0.5, 0.6) is 5.75 Å². The Hall–Kier alpha value is -2.84. The number of methoxy groups -OCH3 is 1. The molecule has 1 saturated carbocycles. The zero-order valence-electron chi connectivity index (χ0n) is 23.6. The molecule has 1 aliphatic carbocycles. The molecule has 1 aromatic heterocycles. The van der Waals surface area contributed by atoms with Crippen LogP contribution in [-0.4, -0.2) is 30.7 Å². The molecule has 9 heteroatoms. The molecule has 0 saturated heterocycles. The molecule has 0 aliphatic heterocycles. The molecule has 7 nitrogen and oxygen atoms in total. The molecule has 0 unspecified atom stereocenters. The molecule has 0 amide bonds. The number of hydrogen-bond acceptors (Lipinski definition) is 7. The minimum atomic E-state index is -3.57. The zero-order chi connectivity index (χ0) is 28.4. The van der Waals surface area contributed by atoms with Gasteiger partial charge in [0.15, 0.2) is 15.7 Å². The molecular formula is C27H33ClN4O3S. The highest BCUT2D eigenvalue weighted by molar-refractivity contribution is 7.92. The Morgan fingerprint density at radius 1 is 1.11 bits per heavy atom. The molecule has 2 aromatic carbocycles. The largest absolute Gasteiger partial charge is 0.495 e. The van der Waals surface area contributed by atoms with Crippen molar-refractivity contribution < 1.29 is 17.3 Å². The normalized spacial score (nSPS) is 16.2. The number of sulfone groups is 1. The predicted octanol–water partition coefficient (Wildman–Crippen LogP) is 7.16. The number of aryl methyl sites for hydroxylation is 1. The van der Waals surface area contributed by atoms with Gasteiger partial charge < -0.3 is 15.4 Å². The molecule has 0 spiro atoms. The number of nitrogens with one attached hydrogen (secondary N) is 2. The third-order valence-electron chi connectivity index (χ3n) is 6.58. The third-order valence-corrected chi connectivity index (χ3v) is 9.07. The van der Waals surface area contributed by atoms with E-state index in [4.69, 9.17) is 20.5 Å². The van der Waals surface area contributed by atoms with E-state index in [9.17, 15) is 8.42 Å². The van der Waals surface area contributed by atoms with Crippen LogP contribution in [0.1, 0.15) is 67.1 Å². The van der Waals surface area contributed by atoms with Crippen molar-refractivity contribution in [3.63, 3.8) is 0 Å². The summed E-state index contributed by atoms with van der Waals surface area (Å²) in [4.78, 5) is 8.83. The number of halogens is 1. The Bertz CT molecular complexity index is 1440. The number of anilines is 4. The van der Waals surface area contributed by atoms with E-state index in [1.165, 1.54) is 18.7 Å². The summed E-state index contributed by atoms with van der Waals surface area (Å²) in [5, 5.41) is 5.65. The fraction of sp³-hybridized carbons (Fsp3) is 0.407. The number of benzene rings is 2. The molecule has 1 fully saturated rings. The summed E-state index contributed by atoms with van der Waals surface area (Å²) in [6.45, 7) is 5.23. The Morgan fingerprint density at radius 2 is 1.86 bits per heavy atom. The van der Waals surface area contributed by atoms with Crippen molar-refractivity contribution in [3.8, 4) is 5.75 Å². The summed E-state index contributed by atoms with van der Waals surface area (Å²) in [6, 6.07) is 10.2. The van der Waals surface area contributed by atoms with Gasteiger partial charge in [-0.15, -0.1) is 0 Å². The fourth-order valence-electron chi connectivity index (χ4n) is 4.57. The van der Waals surface area contributed by atoms with E-state index < -0.39 is 22.1 Å². The van der Waals surface area contributed by atoms with Gasteiger partial charge in [0.05, 0.1) is 38.9 Å². The SMILES string of the molecule is [2H]C([2H])([2H])Oc1cc(C2CCCCC2)c(C)cc1Nc1ncc(Cl)c(Nc2ccccc2S(=O)(=O)C(C)C)n1. The van der Waals surface area contributed by atoms with Crippen LogP contribution >= 0.6 is 11.6 Å². The van der Waals surface area contributed by atoms with E-state index in [-0.39, 0.29) is 27.4 Å². The lowest BCUT2D eigenvalue weighted by Gasteiger charge is -2.25. The Morgan fingerprint density at radius 3 is 2.58 bits per heavy atom. The Kier molecular flexibility index (Phi) is 6.86. The second kappa shape index (κ2) is 11.0. The van der Waals surface area contributed by atoms with E-state index in [0.29, 0.717) is 17.3 Å². The van der Waals surface area contributed by atoms with Crippen molar-refractivity contribution in [1.82, 2.24) is 9.97 Å². The predicted molar refractivity (Wildman–Crippen MR) is 146 cm³/mol. The lowest BCUT2D eigenvalue weighted by atomic mass is 9.82. The van der Waals surface area contributed by atoms with Gasteiger partial charge in [-0.05, 0) is 74.9 Å². The first-order chi connectivity index (χ1) is 18.3. The first-order valence-corrected chi connectivity index (χ1v) is 14.0. The van der Waals surface area contributed by atoms with Crippen LogP contribution in [0.2, 0.25) is 5.02 Å². The number of hydrogen-bond donors (Lipinski definition) is 2. The molecule has 4 rings (SSSR count). The van der Waals surface area contributed by atoms with Crippen molar-refractivity contribution in [2.75, 3.05) is 17.7 Å². The fourth-order valence-corrected chi connectivity index (χ4v) is 5.91. The van der Waals surface area contributed by atoms with Gasteiger partial charge in [0.1, 0.15) is 10.8 Å². The van der Waals surface area contributed by atoms with E-state index in [1.54, 1.807) is 32.0 Å². The van der Waals surface area contributed by atoms with Crippen LogP contribution < -0.4 is 15.4 Å². The van der Waals surface area contributed by atoms with E-state index in [1.807, 2.05) is 19.1 Å². The van der Waals surface area contributed by atoms with Crippen molar-refractivity contribution in [1.29, 1.82) is 0 Å². The molecule has 36 heavy (non-hydrogen) atoms. The van der Waals surface area contributed by atoms with Crippen LogP contribution in [0.25, 0.3) is 0 Å². The Labute approximate surface area is 222 Å². The lowest BCUT2D eigenvalue weighted by molar-refractivity contribution is 0.411. The van der Waals surface area contributed by atoms with Crippen LogP contribution in [0.3, 0.4) is 0 Å². The first kappa shape index (κ1) is 22.4. The topological polar surface area (TPSA) is 93.2 Å². The van der Waals surface area contributed by atoms with Gasteiger partial charge in [0.25, 0.3) is 0 Å². The van der Waals surface area contributed by atoms with E-state index in [0.717, 1.165) is 36.8 Å². The van der Waals surface area contributed by atoms with Gasteiger partial charge in [0, 0.05) is 0 Å². The quantitative estimate of drug-likeness (QED) is 0.318. The molecule has 3 aromatic rings. The van der Waals surface area contributed by atoms with Crippen LogP contribution in [0.15, 0.2) is 47.5 Å². The first-order valence-electron chi connectivity index (χ1n) is 13.6. The molecule has 0 bridgehead atoms. The zero-order valence-corrected chi connectivity index (χ0v) is 22.2. The third kappa shape index (κ3) is 5.60. The molecule has 0 radical (unpaired) electrons. The highest BCUT2D eigenvalue weighted by Crippen LogP contribution is 2.39. The van der Waals surface area contributed by atoms with Crippen molar-refractivity contribution in [2.24, 2.45) is 0 Å². The summed E-state index contributed by atoms with van der Waals surface area (Å²) in [5.74, 6) is 0.861. The van der Waals surface area contributed by atoms with Gasteiger partial charge in [-0.2, -0.15) is 4.98 Å². The summed E-state index contributed by atoms with van der Waals surface area (Å²) < 4.78 is 54.2. The maximum absolute atomic E-state index is 12.9. The van der Waals surface area contributed by atoms with Crippen molar-refractivity contribution in [2.45, 2.75) is 68.9 Å². The van der Waals surface area contributed by atoms with E-state index in [2.05, 4.69) is 20.6 Å².